The monoisotopic (exact) mass is 322 g/mol. The molecular weight excluding hydrogens is 299 g/mol. The molecule has 126 valence electrons. The third-order valence-corrected chi connectivity index (χ3v) is 4.27. The van der Waals surface area contributed by atoms with Crippen LogP contribution in [-0.4, -0.2) is 28.6 Å². The number of nitrogens with one attached hydrogen (secondary N) is 1. The third-order valence-electron chi connectivity index (χ3n) is 4.27. The van der Waals surface area contributed by atoms with Gasteiger partial charge in [-0.2, -0.15) is 4.98 Å². The summed E-state index contributed by atoms with van der Waals surface area (Å²) < 4.78 is 24.5. The highest BCUT2D eigenvalue weighted by Crippen LogP contribution is 2.30. The lowest BCUT2D eigenvalue weighted by Crippen LogP contribution is -2.26. The molecule has 0 bridgehead atoms. The Morgan fingerprint density at radius 2 is 2.17 bits per heavy atom. The van der Waals surface area contributed by atoms with Gasteiger partial charge in [0.25, 0.3) is 6.01 Å². The Hall–Kier alpha value is -2.11. The summed E-state index contributed by atoms with van der Waals surface area (Å²) in [5, 5.41) is 0. The Balaban J connectivity index is 0.00000208. The molecule has 1 fully saturated rings. The number of ether oxygens (including phenoxy) is 2. The predicted octanol–water partition coefficient (Wildman–Crippen LogP) is 3.84. The molecular formula is C17H23FN2O3. The van der Waals surface area contributed by atoms with Crippen LogP contribution in [-0.2, 0) is 9.53 Å². The van der Waals surface area contributed by atoms with Crippen LogP contribution in [0.2, 0.25) is 0 Å². The van der Waals surface area contributed by atoms with Gasteiger partial charge in [-0.15, -0.1) is 0 Å². The van der Waals surface area contributed by atoms with Crippen molar-refractivity contribution < 1.29 is 20.1 Å². The highest BCUT2D eigenvalue weighted by atomic mass is 19.1. The summed E-state index contributed by atoms with van der Waals surface area (Å²) in [6, 6.07) is 5.15. The van der Waals surface area contributed by atoms with E-state index in [2.05, 4.69) is 9.97 Å². The number of benzene rings is 1. The Morgan fingerprint density at radius 1 is 1.39 bits per heavy atom. The Kier molecular flexibility index (Phi) is 4.79. The van der Waals surface area contributed by atoms with Crippen LogP contribution in [0.3, 0.4) is 0 Å². The molecule has 6 heteroatoms. The zero-order chi connectivity index (χ0) is 16.2. The van der Waals surface area contributed by atoms with Crippen LogP contribution in [0.25, 0.3) is 11.0 Å². The van der Waals surface area contributed by atoms with Crippen molar-refractivity contribution in [2.45, 2.75) is 45.1 Å². The van der Waals surface area contributed by atoms with Crippen LogP contribution in [0, 0.1) is 11.7 Å². The number of carbonyl (C=O) groups is 1. The number of hydrogen-bond donors (Lipinski definition) is 1. The number of imidazole rings is 1. The molecule has 0 radical (unpaired) electrons. The summed E-state index contributed by atoms with van der Waals surface area (Å²) in [5.74, 6) is -0.113. The van der Waals surface area contributed by atoms with Crippen molar-refractivity contribution in [3.63, 3.8) is 0 Å². The number of hydrogen-bond acceptors (Lipinski definition) is 4. The average Bonchev–Trinajstić information content (AvgIpc) is 2.93. The summed E-state index contributed by atoms with van der Waals surface area (Å²) in [6.45, 7) is 2.25. The molecule has 1 aromatic heterocycles. The first kappa shape index (κ1) is 15.8. The molecule has 1 heterocycles. The lowest BCUT2D eigenvalue weighted by Gasteiger charge is -2.27. The van der Waals surface area contributed by atoms with Gasteiger partial charge in [0.05, 0.1) is 12.1 Å². The zero-order valence-corrected chi connectivity index (χ0v) is 13.2. The quantitative estimate of drug-likeness (QED) is 0.850. The van der Waals surface area contributed by atoms with E-state index < -0.39 is 0 Å². The molecule has 1 aliphatic rings. The van der Waals surface area contributed by atoms with Crippen LogP contribution in [0.4, 0.5) is 4.39 Å². The van der Waals surface area contributed by atoms with Gasteiger partial charge in [0.2, 0.25) is 0 Å². The van der Waals surface area contributed by atoms with Gasteiger partial charge in [-0.3, -0.25) is 4.79 Å². The van der Waals surface area contributed by atoms with Gasteiger partial charge in [0.1, 0.15) is 11.6 Å². The molecule has 0 aliphatic heterocycles. The SMILES string of the molecule is CCOC(=O)CC1CCC(Oc2nc3c(F)cccc3[nH]2)CC1.[HH]. The highest BCUT2D eigenvalue weighted by Gasteiger charge is 2.25. The Morgan fingerprint density at radius 3 is 2.87 bits per heavy atom. The number of aromatic amines is 1. The van der Waals surface area contributed by atoms with Crippen LogP contribution in [0.1, 0.15) is 40.5 Å². The van der Waals surface area contributed by atoms with Crippen molar-refractivity contribution in [2.24, 2.45) is 5.92 Å². The van der Waals surface area contributed by atoms with Gasteiger partial charge in [-0.25, -0.2) is 4.39 Å². The van der Waals surface area contributed by atoms with E-state index in [1.165, 1.54) is 6.07 Å². The number of rotatable bonds is 5. The zero-order valence-electron chi connectivity index (χ0n) is 13.2. The molecule has 5 nitrogen and oxygen atoms in total. The molecule has 0 atom stereocenters. The number of aromatic nitrogens is 2. The van der Waals surface area contributed by atoms with Gasteiger partial charge in [-0.05, 0) is 50.7 Å². The van der Waals surface area contributed by atoms with E-state index in [1.807, 2.05) is 6.92 Å². The first-order valence-electron chi connectivity index (χ1n) is 8.12. The van der Waals surface area contributed by atoms with Crippen molar-refractivity contribution in [3.05, 3.63) is 24.0 Å². The molecule has 0 saturated heterocycles. The summed E-state index contributed by atoms with van der Waals surface area (Å²) >= 11 is 0. The lowest BCUT2D eigenvalue weighted by atomic mass is 9.85. The fourth-order valence-corrected chi connectivity index (χ4v) is 3.10. The smallest absolute Gasteiger partial charge is 0.306 e. The van der Waals surface area contributed by atoms with Gasteiger partial charge < -0.3 is 14.5 Å². The molecule has 1 N–H and O–H groups in total. The number of para-hydroxylation sites is 1. The molecule has 3 rings (SSSR count). The minimum Gasteiger partial charge on any atom is -0.466 e. The van der Waals surface area contributed by atoms with Crippen molar-refractivity contribution in [2.75, 3.05) is 6.61 Å². The van der Waals surface area contributed by atoms with Gasteiger partial charge in [0, 0.05) is 7.85 Å². The van der Waals surface area contributed by atoms with Gasteiger partial charge >= 0.3 is 5.97 Å². The predicted molar refractivity (Wildman–Crippen MR) is 85.8 cm³/mol. The number of esters is 1. The van der Waals surface area contributed by atoms with E-state index in [9.17, 15) is 9.18 Å². The molecule has 23 heavy (non-hydrogen) atoms. The summed E-state index contributed by atoms with van der Waals surface area (Å²) in [7, 11) is 0. The standard InChI is InChI=1S/C17H21FN2O3.H2/c1-2-22-15(21)10-11-6-8-12(9-7-11)23-17-19-14-5-3-4-13(18)16(14)20-17;/h3-5,11-12H,2,6-10H2,1H3,(H,19,20);1H. The molecule has 0 unspecified atom stereocenters. The lowest BCUT2D eigenvalue weighted by molar-refractivity contribution is -0.144. The van der Waals surface area contributed by atoms with Crippen molar-refractivity contribution in [1.29, 1.82) is 0 Å². The fraction of sp³-hybridized carbons (Fsp3) is 0.529. The van der Waals surface area contributed by atoms with Crippen LogP contribution < -0.4 is 4.74 Å². The van der Waals surface area contributed by atoms with E-state index in [0.717, 1.165) is 25.7 Å². The summed E-state index contributed by atoms with van der Waals surface area (Å²) in [4.78, 5) is 18.7. The van der Waals surface area contributed by atoms with Crippen LogP contribution >= 0.6 is 0 Å². The first-order chi connectivity index (χ1) is 11.2. The van der Waals surface area contributed by atoms with Crippen LogP contribution in [0.15, 0.2) is 18.2 Å². The summed E-state index contributed by atoms with van der Waals surface area (Å²) in [6.07, 6.45) is 4.12. The molecule has 1 saturated carbocycles. The molecule has 1 aliphatic carbocycles. The number of H-pyrrole nitrogens is 1. The maximum absolute atomic E-state index is 13.6. The number of nitrogens with zero attached hydrogens (tertiary/aromatic N) is 1. The third kappa shape index (κ3) is 3.81. The fourth-order valence-electron chi connectivity index (χ4n) is 3.10. The topological polar surface area (TPSA) is 64.2 Å². The van der Waals surface area contributed by atoms with Gasteiger partial charge in [-0.1, -0.05) is 6.07 Å². The maximum atomic E-state index is 13.6. The number of halogens is 1. The second-order valence-corrected chi connectivity index (χ2v) is 5.95. The van der Waals surface area contributed by atoms with Gasteiger partial charge in [0.15, 0.2) is 5.82 Å². The van der Waals surface area contributed by atoms with Crippen LogP contribution in [0.5, 0.6) is 6.01 Å². The summed E-state index contributed by atoms with van der Waals surface area (Å²) in [5.41, 5.74) is 0.939. The highest BCUT2D eigenvalue weighted by molar-refractivity contribution is 5.76. The number of carbonyl (C=O) groups excluding carboxylic acids is 1. The molecule has 0 amide bonds. The van der Waals surface area contributed by atoms with E-state index in [1.54, 1.807) is 12.1 Å². The minimum absolute atomic E-state index is 0. The average molecular weight is 322 g/mol. The molecule has 0 spiro atoms. The van der Waals surface area contributed by atoms with Crippen molar-refractivity contribution in [3.8, 4) is 6.01 Å². The normalized spacial score (nSPS) is 21.3. The maximum Gasteiger partial charge on any atom is 0.306 e. The molecule has 2 aromatic rings. The van der Waals surface area contributed by atoms with E-state index in [4.69, 9.17) is 9.47 Å². The van der Waals surface area contributed by atoms with E-state index in [-0.39, 0.29) is 19.3 Å². The second-order valence-electron chi connectivity index (χ2n) is 5.95. The first-order valence-corrected chi connectivity index (χ1v) is 8.12. The Labute approximate surface area is 135 Å². The van der Waals surface area contributed by atoms with E-state index in [0.29, 0.717) is 36.0 Å². The molecule has 1 aromatic carbocycles. The largest absolute Gasteiger partial charge is 0.466 e. The van der Waals surface area contributed by atoms with Crippen molar-refractivity contribution >= 4 is 17.0 Å². The Bertz CT molecular complexity index is 684. The van der Waals surface area contributed by atoms with Crippen molar-refractivity contribution in [1.82, 2.24) is 9.97 Å². The number of fused-ring (bicyclic) bond motifs is 1. The van der Waals surface area contributed by atoms with E-state index >= 15 is 0 Å². The minimum atomic E-state index is -0.355. The second kappa shape index (κ2) is 6.98.